The van der Waals surface area contributed by atoms with Gasteiger partial charge in [0.05, 0.1) is 6.10 Å². The quantitative estimate of drug-likeness (QED) is 0.870. The smallest absolute Gasteiger partial charge is 0.185 e. The Morgan fingerprint density at radius 1 is 1.69 bits per heavy atom. The highest BCUT2D eigenvalue weighted by atomic mass is 32.1. The number of hydrogen-bond acceptors (Lipinski definition) is 5. The number of rotatable bonds is 4. The number of piperidine rings is 1. The minimum Gasteiger partial charge on any atom is -0.377 e. The number of anilines is 1. The first-order chi connectivity index (χ1) is 7.83. The van der Waals surface area contributed by atoms with Crippen molar-refractivity contribution in [3.05, 3.63) is 11.1 Å². The lowest BCUT2D eigenvalue weighted by Gasteiger charge is -2.32. The summed E-state index contributed by atoms with van der Waals surface area (Å²) in [5, 5.41) is 1.09. The van der Waals surface area contributed by atoms with Gasteiger partial charge >= 0.3 is 0 Å². The van der Waals surface area contributed by atoms with Crippen LogP contribution in [0, 0.1) is 0 Å². The van der Waals surface area contributed by atoms with E-state index >= 15 is 0 Å². The number of nitrogens with zero attached hydrogens (tertiary/aromatic N) is 2. The van der Waals surface area contributed by atoms with Gasteiger partial charge in [-0.05, 0) is 19.8 Å². The minimum atomic E-state index is 0.365. The maximum absolute atomic E-state index is 5.68. The van der Waals surface area contributed by atoms with Crippen LogP contribution in [-0.2, 0) is 11.3 Å². The summed E-state index contributed by atoms with van der Waals surface area (Å²) in [4.78, 5) is 7.87. The maximum Gasteiger partial charge on any atom is 0.185 e. The number of ether oxygens (including phenoxy) is 1. The Morgan fingerprint density at radius 2 is 2.56 bits per heavy atom. The number of hydrogen-bond donors (Lipinski definition) is 1. The summed E-state index contributed by atoms with van der Waals surface area (Å²) >= 11 is 1.69. The summed E-state index contributed by atoms with van der Waals surface area (Å²) in [5.74, 6) is 0. The molecule has 1 aliphatic heterocycles. The van der Waals surface area contributed by atoms with Crippen molar-refractivity contribution in [2.75, 3.05) is 24.6 Å². The zero-order valence-electron chi connectivity index (χ0n) is 9.69. The second kappa shape index (κ2) is 5.61. The molecule has 0 aromatic carbocycles. The van der Waals surface area contributed by atoms with Crippen LogP contribution in [0.2, 0.25) is 0 Å². The minimum absolute atomic E-state index is 0.365. The average molecular weight is 241 g/mol. The highest BCUT2D eigenvalue weighted by Gasteiger charge is 2.21. The van der Waals surface area contributed by atoms with Gasteiger partial charge in [0.15, 0.2) is 5.13 Å². The molecule has 1 aromatic rings. The SMILES string of the molecule is CCOC1CCCN(c2ncc(CN)s2)C1. The summed E-state index contributed by atoms with van der Waals surface area (Å²) in [6.07, 6.45) is 4.59. The molecule has 90 valence electrons. The molecule has 1 aromatic heterocycles. The molecule has 0 bridgehead atoms. The van der Waals surface area contributed by atoms with E-state index in [1.165, 1.54) is 12.8 Å². The number of aromatic nitrogens is 1. The van der Waals surface area contributed by atoms with Crippen LogP contribution in [0.5, 0.6) is 0 Å². The van der Waals surface area contributed by atoms with Gasteiger partial charge in [0.2, 0.25) is 0 Å². The molecule has 2 N–H and O–H groups in total. The van der Waals surface area contributed by atoms with Crippen molar-refractivity contribution in [1.29, 1.82) is 0 Å². The van der Waals surface area contributed by atoms with E-state index in [4.69, 9.17) is 10.5 Å². The first-order valence-electron chi connectivity index (χ1n) is 5.84. The van der Waals surface area contributed by atoms with Crippen molar-refractivity contribution in [1.82, 2.24) is 4.98 Å². The summed E-state index contributed by atoms with van der Waals surface area (Å²) in [6, 6.07) is 0. The molecule has 0 aliphatic carbocycles. The molecule has 0 saturated carbocycles. The molecule has 1 fully saturated rings. The molecule has 1 unspecified atom stereocenters. The molecule has 16 heavy (non-hydrogen) atoms. The first kappa shape index (κ1) is 11.8. The third kappa shape index (κ3) is 2.72. The van der Waals surface area contributed by atoms with Gasteiger partial charge < -0.3 is 15.4 Å². The molecule has 1 aliphatic rings. The van der Waals surface area contributed by atoms with Crippen molar-refractivity contribution >= 4 is 16.5 Å². The van der Waals surface area contributed by atoms with Gasteiger partial charge in [-0.3, -0.25) is 0 Å². The molecule has 5 heteroatoms. The Kier molecular flexibility index (Phi) is 4.15. The van der Waals surface area contributed by atoms with Crippen LogP contribution < -0.4 is 10.6 Å². The Labute approximate surface area is 100 Å². The van der Waals surface area contributed by atoms with Crippen LogP contribution in [0.15, 0.2) is 6.20 Å². The topological polar surface area (TPSA) is 51.4 Å². The molecule has 0 radical (unpaired) electrons. The third-order valence-corrected chi connectivity index (χ3v) is 3.87. The zero-order valence-corrected chi connectivity index (χ0v) is 10.5. The maximum atomic E-state index is 5.68. The Balaban J connectivity index is 1.98. The van der Waals surface area contributed by atoms with Crippen LogP contribution in [0.25, 0.3) is 0 Å². The van der Waals surface area contributed by atoms with E-state index in [0.717, 1.165) is 29.7 Å². The monoisotopic (exact) mass is 241 g/mol. The second-order valence-electron chi connectivity index (χ2n) is 3.98. The van der Waals surface area contributed by atoms with Gasteiger partial charge in [0, 0.05) is 37.3 Å². The fourth-order valence-corrected chi connectivity index (χ4v) is 2.85. The Bertz CT molecular complexity index is 327. The molecule has 4 nitrogen and oxygen atoms in total. The van der Waals surface area contributed by atoms with Gasteiger partial charge in [-0.1, -0.05) is 0 Å². The highest BCUT2D eigenvalue weighted by Crippen LogP contribution is 2.25. The van der Waals surface area contributed by atoms with E-state index in [1.807, 2.05) is 6.20 Å². The van der Waals surface area contributed by atoms with Gasteiger partial charge in [0.25, 0.3) is 0 Å². The van der Waals surface area contributed by atoms with Gasteiger partial charge in [-0.25, -0.2) is 4.98 Å². The van der Waals surface area contributed by atoms with E-state index in [9.17, 15) is 0 Å². The van der Waals surface area contributed by atoms with Gasteiger partial charge in [-0.15, -0.1) is 11.3 Å². The Morgan fingerprint density at radius 3 is 3.25 bits per heavy atom. The summed E-state index contributed by atoms with van der Waals surface area (Å²) < 4.78 is 5.68. The molecule has 0 spiro atoms. The fraction of sp³-hybridized carbons (Fsp3) is 0.727. The normalized spacial score (nSPS) is 21.4. The second-order valence-corrected chi connectivity index (χ2v) is 5.07. The highest BCUT2D eigenvalue weighted by molar-refractivity contribution is 7.15. The largest absolute Gasteiger partial charge is 0.377 e. The van der Waals surface area contributed by atoms with Crippen LogP contribution in [-0.4, -0.2) is 30.8 Å². The molecule has 2 rings (SSSR count). The van der Waals surface area contributed by atoms with Crippen LogP contribution >= 0.6 is 11.3 Å². The molecule has 0 amide bonds. The number of thiazole rings is 1. The van der Waals surface area contributed by atoms with Gasteiger partial charge in [0.1, 0.15) is 0 Å². The van der Waals surface area contributed by atoms with Crippen LogP contribution in [0.3, 0.4) is 0 Å². The number of nitrogens with two attached hydrogens (primary N) is 1. The van der Waals surface area contributed by atoms with E-state index in [-0.39, 0.29) is 0 Å². The predicted octanol–water partition coefficient (Wildman–Crippen LogP) is 1.61. The molecular weight excluding hydrogens is 222 g/mol. The van der Waals surface area contributed by atoms with Gasteiger partial charge in [-0.2, -0.15) is 0 Å². The summed E-state index contributed by atoms with van der Waals surface area (Å²) in [6.45, 7) is 5.48. The third-order valence-electron chi connectivity index (χ3n) is 2.79. The summed E-state index contributed by atoms with van der Waals surface area (Å²) in [5.41, 5.74) is 5.59. The summed E-state index contributed by atoms with van der Waals surface area (Å²) in [7, 11) is 0. The van der Waals surface area contributed by atoms with Crippen molar-refractivity contribution in [3.8, 4) is 0 Å². The fourth-order valence-electron chi connectivity index (χ4n) is 2.02. The molecule has 1 saturated heterocycles. The predicted molar refractivity (Wildman–Crippen MR) is 66.9 cm³/mol. The molecule has 1 atom stereocenters. The standard InChI is InChI=1S/C11H19N3OS/c1-2-15-9-4-3-5-14(8-9)11-13-7-10(6-12)16-11/h7,9H,2-6,8,12H2,1H3. The van der Waals surface area contributed by atoms with Crippen LogP contribution in [0.1, 0.15) is 24.6 Å². The lowest BCUT2D eigenvalue weighted by molar-refractivity contribution is 0.0526. The van der Waals surface area contributed by atoms with Crippen molar-refractivity contribution in [3.63, 3.8) is 0 Å². The Hall–Kier alpha value is -0.650. The van der Waals surface area contributed by atoms with Crippen molar-refractivity contribution in [2.24, 2.45) is 5.73 Å². The molecular formula is C11H19N3OS. The van der Waals surface area contributed by atoms with E-state index in [0.29, 0.717) is 12.6 Å². The molecule has 2 heterocycles. The average Bonchev–Trinajstić information content (AvgIpc) is 2.78. The zero-order chi connectivity index (χ0) is 11.4. The lowest BCUT2D eigenvalue weighted by atomic mass is 10.1. The van der Waals surface area contributed by atoms with Crippen molar-refractivity contribution < 1.29 is 4.74 Å². The van der Waals surface area contributed by atoms with E-state index in [1.54, 1.807) is 11.3 Å². The van der Waals surface area contributed by atoms with Crippen molar-refractivity contribution in [2.45, 2.75) is 32.4 Å². The lowest BCUT2D eigenvalue weighted by Crippen LogP contribution is -2.39. The van der Waals surface area contributed by atoms with E-state index < -0.39 is 0 Å². The van der Waals surface area contributed by atoms with Crippen LogP contribution in [0.4, 0.5) is 5.13 Å². The first-order valence-corrected chi connectivity index (χ1v) is 6.66. The van der Waals surface area contributed by atoms with E-state index in [2.05, 4.69) is 16.8 Å².